The first-order valence-corrected chi connectivity index (χ1v) is 4.87. The zero-order valence-electron chi connectivity index (χ0n) is 8.27. The van der Waals surface area contributed by atoms with Crippen LogP contribution in [0.2, 0.25) is 0 Å². The van der Waals surface area contributed by atoms with E-state index in [4.69, 9.17) is 11.5 Å². The predicted molar refractivity (Wildman–Crippen MR) is 48.6 cm³/mol. The second-order valence-corrected chi connectivity index (χ2v) is 4.33. The fourth-order valence-corrected chi connectivity index (χ4v) is 1.94. The minimum Gasteiger partial charge on any atom is -0.328 e. The predicted octanol–water partition coefficient (Wildman–Crippen LogP) is 1.78. The fraction of sp³-hybridized carbons (Fsp3) is 1.00. The second kappa shape index (κ2) is 3.70. The first-order valence-electron chi connectivity index (χ1n) is 4.87. The van der Waals surface area contributed by atoms with Crippen LogP contribution in [0.5, 0.6) is 0 Å². The summed E-state index contributed by atoms with van der Waals surface area (Å²) in [5, 5.41) is 0. The highest BCUT2D eigenvalue weighted by Gasteiger charge is 2.49. The molecule has 1 atom stereocenters. The Bertz CT molecular complexity index is 195. The van der Waals surface area contributed by atoms with Crippen molar-refractivity contribution in [3.8, 4) is 0 Å². The molecule has 0 saturated heterocycles. The average Bonchev–Trinajstić information content (AvgIpc) is 2.08. The van der Waals surface area contributed by atoms with Gasteiger partial charge in [0.15, 0.2) is 0 Å². The molecule has 5 heteroatoms. The van der Waals surface area contributed by atoms with Gasteiger partial charge in [-0.05, 0) is 25.7 Å². The summed E-state index contributed by atoms with van der Waals surface area (Å²) >= 11 is 0. The van der Waals surface area contributed by atoms with E-state index in [1.165, 1.54) is 0 Å². The molecular weight excluding hydrogens is 193 g/mol. The van der Waals surface area contributed by atoms with Gasteiger partial charge in [-0.1, -0.05) is 6.92 Å². The van der Waals surface area contributed by atoms with E-state index < -0.39 is 17.6 Å². The molecule has 0 heterocycles. The first kappa shape index (κ1) is 11.8. The summed E-state index contributed by atoms with van der Waals surface area (Å²) in [4.78, 5) is 0. The number of hydrogen-bond donors (Lipinski definition) is 2. The van der Waals surface area contributed by atoms with Crippen molar-refractivity contribution in [3.05, 3.63) is 0 Å². The molecule has 1 aliphatic rings. The van der Waals surface area contributed by atoms with Crippen LogP contribution in [0, 0.1) is 5.92 Å². The zero-order chi connectivity index (χ0) is 11.0. The molecule has 0 unspecified atom stereocenters. The summed E-state index contributed by atoms with van der Waals surface area (Å²) in [6.07, 6.45) is -2.27. The van der Waals surface area contributed by atoms with Crippen molar-refractivity contribution in [1.82, 2.24) is 0 Å². The van der Waals surface area contributed by atoms with Gasteiger partial charge in [-0.2, -0.15) is 13.2 Å². The average molecular weight is 210 g/mol. The lowest BCUT2D eigenvalue weighted by Gasteiger charge is -2.41. The van der Waals surface area contributed by atoms with E-state index in [9.17, 15) is 13.2 Å². The SMILES string of the molecule is C[C@@H](C(F)(F)F)C1(N)CCC(N)CC1. The number of rotatable bonds is 1. The van der Waals surface area contributed by atoms with E-state index >= 15 is 0 Å². The smallest absolute Gasteiger partial charge is 0.328 e. The highest BCUT2D eigenvalue weighted by Crippen LogP contribution is 2.40. The van der Waals surface area contributed by atoms with Gasteiger partial charge in [-0.3, -0.25) is 0 Å². The van der Waals surface area contributed by atoms with E-state index in [2.05, 4.69) is 0 Å². The number of alkyl halides is 3. The normalized spacial score (nSPS) is 36.9. The Balaban J connectivity index is 2.66. The lowest BCUT2D eigenvalue weighted by molar-refractivity contribution is -0.190. The van der Waals surface area contributed by atoms with Gasteiger partial charge in [0.1, 0.15) is 0 Å². The largest absolute Gasteiger partial charge is 0.393 e. The fourth-order valence-electron chi connectivity index (χ4n) is 1.94. The molecule has 0 aromatic rings. The summed E-state index contributed by atoms with van der Waals surface area (Å²) in [7, 11) is 0. The standard InChI is InChI=1S/C9H17F3N2/c1-6(9(10,11)12)8(14)4-2-7(13)3-5-8/h6-7H,2-5,13-14H2,1H3/t6-,7?,8?/m1/s1. The molecule has 1 aliphatic carbocycles. The number of halogens is 3. The summed E-state index contributed by atoms with van der Waals surface area (Å²) in [6.45, 7) is 1.16. The maximum Gasteiger partial charge on any atom is 0.393 e. The molecule has 4 N–H and O–H groups in total. The Labute approximate surface area is 81.8 Å². The molecule has 2 nitrogen and oxygen atoms in total. The summed E-state index contributed by atoms with van der Waals surface area (Å²) < 4.78 is 37.4. The molecule has 0 aliphatic heterocycles. The topological polar surface area (TPSA) is 52.0 Å². The third-order valence-electron chi connectivity index (χ3n) is 3.31. The maximum atomic E-state index is 12.5. The zero-order valence-corrected chi connectivity index (χ0v) is 8.27. The van der Waals surface area contributed by atoms with Crippen LogP contribution in [-0.4, -0.2) is 17.8 Å². The molecule has 0 bridgehead atoms. The summed E-state index contributed by atoms with van der Waals surface area (Å²) in [5.74, 6) is -1.44. The lowest BCUT2D eigenvalue weighted by Crippen LogP contribution is -2.55. The third kappa shape index (κ3) is 2.39. The van der Waals surface area contributed by atoms with Crippen LogP contribution in [0.25, 0.3) is 0 Å². The Morgan fingerprint density at radius 1 is 1.29 bits per heavy atom. The van der Waals surface area contributed by atoms with E-state index in [0.717, 1.165) is 6.92 Å². The van der Waals surface area contributed by atoms with Gasteiger partial charge in [-0.25, -0.2) is 0 Å². The summed E-state index contributed by atoms with van der Waals surface area (Å²) in [6, 6.07) is 0.0205. The van der Waals surface area contributed by atoms with E-state index in [-0.39, 0.29) is 6.04 Å². The van der Waals surface area contributed by atoms with Crippen LogP contribution in [0.4, 0.5) is 13.2 Å². The van der Waals surface area contributed by atoms with Crippen LogP contribution in [0.1, 0.15) is 32.6 Å². The van der Waals surface area contributed by atoms with Crippen molar-refractivity contribution in [2.45, 2.75) is 50.4 Å². The highest BCUT2D eigenvalue weighted by molar-refractivity contribution is 4.97. The molecule has 0 aromatic carbocycles. The van der Waals surface area contributed by atoms with Crippen LogP contribution in [0.15, 0.2) is 0 Å². The third-order valence-corrected chi connectivity index (χ3v) is 3.31. The van der Waals surface area contributed by atoms with Gasteiger partial charge in [0.25, 0.3) is 0 Å². The Kier molecular flexibility index (Phi) is 3.11. The van der Waals surface area contributed by atoms with Gasteiger partial charge in [-0.15, -0.1) is 0 Å². The minimum absolute atomic E-state index is 0.0205. The molecule has 0 spiro atoms. The highest BCUT2D eigenvalue weighted by atomic mass is 19.4. The monoisotopic (exact) mass is 210 g/mol. The number of nitrogens with two attached hydrogens (primary N) is 2. The maximum absolute atomic E-state index is 12.5. The van der Waals surface area contributed by atoms with Crippen molar-refractivity contribution in [2.24, 2.45) is 17.4 Å². The van der Waals surface area contributed by atoms with Crippen molar-refractivity contribution in [3.63, 3.8) is 0 Å². The first-order chi connectivity index (χ1) is 6.26. The molecule has 14 heavy (non-hydrogen) atoms. The quantitative estimate of drug-likeness (QED) is 0.693. The van der Waals surface area contributed by atoms with Gasteiger partial charge in [0.2, 0.25) is 0 Å². The van der Waals surface area contributed by atoms with Gasteiger partial charge in [0.05, 0.1) is 5.92 Å². The van der Waals surface area contributed by atoms with E-state index in [1.54, 1.807) is 0 Å². The van der Waals surface area contributed by atoms with Gasteiger partial charge < -0.3 is 11.5 Å². The van der Waals surface area contributed by atoms with Crippen LogP contribution in [0.3, 0.4) is 0 Å². The molecule has 1 saturated carbocycles. The molecule has 1 fully saturated rings. The van der Waals surface area contributed by atoms with Gasteiger partial charge in [0, 0.05) is 11.6 Å². The minimum atomic E-state index is -4.20. The van der Waals surface area contributed by atoms with Crippen LogP contribution in [-0.2, 0) is 0 Å². The van der Waals surface area contributed by atoms with Crippen LogP contribution >= 0.6 is 0 Å². The molecule has 0 radical (unpaired) electrons. The van der Waals surface area contributed by atoms with Crippen LogP contribution < -0.4 is 11.5 Å². The Morgan fingerprint density at radius 3 is 2.07 bits per heavy atom. The molecular formula is C9H17F3N2. The van der Waals surface area contributed by atoms with Crippen molar-refractivity contribution in [1.29, 1.82) is 0 Å². The van der Waals surface area contributed by atoms with Gasteiger partial charge >= 0.3 is 6.18 Å². The van der Waals surface area contributed by atoms with E-state index in [1.807, 2.05) is 0 Å². The van der Waals surface area contributed by atoms with Crippen molar-refractivity contribution < 1.29 is 13.2 Å². The second-order valence-electron chi connectivity index (χ2n) is 4.33. The van der Waals surface area contributed by atoms with Crippen molar-refractivity contribution in [2.75, 3.05) is 0 Å². The molecule has 84 valence electrons. The molecule has 1 rings (SSSR count). The van der Waals surface area contributed by atoms with Crippen molar-refractivity contribution >= 4 is 0 Å². The summed E-state index contributed by atoms with van der Waals surface area (Å²) in [5.41, 5.74) is 10.3. The molecule has 0 aromatic heterocycles. The number of hydrogen-bond acceptors (Lipinski definition) is 2. The lowest BCUT2D eigenvalue weighted by atomic mass is 9.72. The van der Waals surface area contributed by atoms with E-state index in [0.29, 0.717) is 25.7 Å². The molecule has 0 amide bonds. The Morgan fingerprint density at radius 2 is 1.71 bits per heavy atom. The Hall–Kier alpha value is -0.290.